The second kappa shape index (κ2) is 9.50. The number of hydrogen-bond acceptors (Lipinski definition) is 4. The summed E-state index contributed by atoms with van der Waals surface area (Å²) in [6.07, 6.45) is 5.22. The molecule has 0 amide bonds. The van der Waals surface area contributed by atoms with Gasteiger partial charge in [-0.05, 0) is 25.5 Å². The first-order valence-electron chi connectivity index (χ1n) is 10.5. The van der Waals surface area contributed by atoms with E-state index in [1.165, 1.54) is 37.8 Å². The molecular formula is C21H35N3O2S. The summed E-state index contributed by atoms with van der Waals surface area (Å²) in [5.74, 6) is 0.273. The molecule has 0 radical (unpaired) electrons. The molecule has 0 aliphatic carbocycles. The van der Waals surface area contributed by atoms with Crippen LogP contribution in [0.5, 0.6) is 0 Å². The molecule has 6 heteroatoms. The van der Waals surface area contributed by atoms with Crippen LogP contribution in [0, 0.1) is 6.92 Å². The van der Waals surface area contributed by atoms with Crippen molar-refractivity contribution in [2.75, 3.05) is 45.0 Å². The Morgan fingerprint density at radius 3 is 2.37 bits per heavy atom. The van der Waals surface area contributed by atoms with Gasteiger partial charge in [-0.25, -0.2) is 8.42 Å². The van der Waals surface area contributed by atoms with E-state index in [0.717, 1.165) is 31.7 Å². The summed E-state index contributed by atoms with van der Waals surface area (Å²) in [7, 11) is -3.15. The first kappa shape index (κ1) is 20.8. The monoisotopic (exact) mass is 393 g/mol. The van der Waals surface area contributed by atoms with Gasteiger partial charge in [0.2, 0.25) is 10.0 Å². The molecule has 2 aliphatic heterocycles. The maximum Gasteiger partial charge on any atom is 0.216 e. The Labute approximate surface area is 165 Å². The van der Waals surface area contributed by atoms with Crippen molar-refractivity contribution < 1.29 is 8.42 Å². The lowest BCUT2D eigenvalue weighted by Crippen LogP contribution is -2.51. The molecule has 27 heavy (non-hydrogen) atoms. The molecule has 0 saturated carbocycles. The number of benzene rings is 1. The van der Waals surface area contributed by atoms with Gasteiger partial charge in [0.15, 0.2) is 0 Å². The lowest BCUT2D eigenvalue weighted by molar-refractivity contribution is 0.0997. The number of aryl methyl sites for hydroxylation is 1. The van der Waals surface area contributed by atoms with Crippen molar-refractivity contribution in [1.82, 2.24) is 14.1 Å². The van der Waals surface area contributed by atoms with Gasteiger partial charge < -0.3 is 4.90 Å². The highest BCUT2D eigenvalue weighted by Gasteiger charge is 2.39. The van der Waals surface area contributed by atoms with Crippen LogP contribution in [0.2, 0.25) is 0 Å². The Bertz CT molecular complexity index is 682. The van der Waals surface area contributed by atoms with Gasteiger partial charge in [0.1, 0.15) is 0 Å². The fourth-order valence-corrected chi connectivity index (χ4v) is 5.90. The zero-order valence-corrected chi connectivity index (χ0v) is 17.8. The molecule has 2 fully saturated rings. The highest BCUT2D eigenvalue weighted by Crippen LogP contribution is 2.22. The average molecular weight is 394 g/mol. The minimum Gasteiger partial charge on any atom is -0.301 e. The predicted molar refractivity (Wildman–Crippen MR) is 111 cm³/mol. The topological polar surface area (TPSA) is 43.9 Å². The van der Waals surface area contributed by atoms with Crippen LogP contribution in [0.15, 0.2) is 24.3 Å². The number of hydrogen-bond donors (Lipinski definition) is 0. The van der Waals surface area contributed by atoms with Crippen molar-refractivity contribution in [1.29, 1.82) is 0 Å². The Balaban J connectivity index is 1.48. The zero-order valence-electron chi connectivity index (χ0n) is 16.9. The number of rotatable bonds is 8. The van der Waals surface area contributed by atoms with E-state index in [1.807, 2.05) is 12.1 Å². The Hall–Kier alpha value is -0.950. The molecule has 2 saturated heterocycles. The first-order valence-corrected chi connectivity index (χ1v) is 12.1. The van der Waals surface area contributed by atoms with Gasteiger partial charge in [0.05, 0.1) is 5.75 Å². The third-order valence-corrected chi connectivity index (χ3v) is 7.81. The molecule has 2 aliphatic rings. The largest absolute Gasteiger partial charge is 0.301 e. The highest BCUT2D eigenvalue weighted by molar-refractivity contribution is 7.89. The van der Waals surface area contributed by atoms with E-state index < -0.39 is 10.0 Å². The van der Waals surface area contributed by atoms with E-state index in [-0.39, 0.29) is 11.8 Å². The van der Waals surface area contributed by atoms with Crippen LogP contribution in [-0.2, 0) is 16.6 Å². The van der Waals surface area contributed by atoms with E-state index in [1.54, 1.807) is 4.31 Å². The first-order chi connectivity index (χ1) is 13.0. The molecule has 1 atom stereocenters. The third-order valence-electron chi connectivity index (χ3n) is 5.94. The van der Waals surface area contributed by atoms with Gasteiger partial charge >= 0.3 is 0 Å². The predicted octanol–water partition coefficient (Wildman–Crippen LogP) is 2.71. The normalized spacial score (nSPS) is 24.4. The standard InChI is InChI=1S/C21H35N3O2S/c1-3-4-5-6-11-22-12-14-23(15-13-22)21-17-24(27(25,26)18-21)16-20-9-7-19(2)8-10-20/h7-10,21H,3-6,11-18H2,1-2H3. The number of nitrogens with zero attached hydrogens (tertiary/aromatic N) is 3. The van der Waals surface area contributed by atoms with Crippen LogP contribution < -0.4 is 0 Å². The lowest BCUT2D eigenvalue weighted by atomic mass is 10.1. The minimum atomic E-state index is -3.15. The minimum absolute atomic E-state index is 0.141. The van der Waals surface area contributed by atoms with Gasteiger partial charge in [0.25, 0.3) is 0 Å². The molecule has 1 unspecified atom stereocenters. The van der Waals surface area contributed by atoms with Crippen molar-refractivity contribution in [3.05, 3.63) is 35.4 Å². The number of sulfonamides is 1. The summed E-state index contributed by atoms with van der Waals surface area (Å²) < 4.78 is 27.0. The lowest BCUT2D eigenvalue weighted by Gasteiger charge is -2.37. The van der Waals surface area contributed by atoms with E-state index in [9.17, 15) is 8.42 Å². The summed E-state index contributed by atoms with van der Waals surface area (Å²) in [4.78, 5) is 4.94. The maximum absolute atomic E-state index is 12.6. The highest BCUT2D eigenvalue weighted by atomic mass is 32.2. The van der Waals surface area contributed by atoms with Crippen molar-refractivity contribution in [2.24, 2.45) is 0 Å². The van der Waals surface area contributed by atoms with Gasteiger partial charge in [-0.1, -0.05) is 56.0 Å². The molecular weight excluding hydrogens is 358 g/mol. The van der Waals surface area contributed by atoms with Crippen molar-refractivity contribution in [3.63, 3.8) is 0 Å². The molecule has 0 spiro atoms. The average Bonchev–Trinajstić information content (AvgIpc) is 2.95. The summed E-state index contributed by atoms with van der Waals surface area (Å²) in [6, 6.07) is 8.32. The second-order valence-electron chi connectivity index (χ2n) is 8.15. The molecule has 5 nitrogen and oxygen atoms in total. The molecule has 1 aromatic rings. The van der Waals surface area contributed by atoms with Crippen LogP contribution in [0.1, 0.15) is 43.7 Å². The Kier molecular flexibility index (Phi) is 7.31. The fourth-order valence-electron chi connectivity index (χ4n) is 4.15. The molecule has 0 bridgehead atoms. The van der Waals surface area contributed by atoms with E-state index >= 15 is 0 Å². The van der Waals surface area contributed by atoms with Crippen molar-refractivity contribution in [2.45, 2.75) is 52.1 Å². The molecule has 2 heterocycles. The second-order valence-corrected chi connectivity index (χ2v) is 10.2. The Morgan fingerprint density at radius 1 is 1.00 bits per heavy atom. The molecule has 0 aromatic heterocycles. The van der Waals surface area contributed by atoms with Gasteiger partial charge in [-0.15, -0.1) is 0 Å². The fraction of sp³-hybridized carbons (Fsp3) is 0.714. The van der Waals surface area contributed by atoms with Gasteiger partial charge in [-0.3, -0.25) is 4.90 Å². The summed E-state index contributed by atoms with van der Waals surface area (Å²) in [5, 5.41) is 0. The zero-order chi connectivity index (χ0) is 19.3. The molecule has 1 aromatic carbocycles. The Morgan fingerprint density at radius 2 is 1.70 bits per heavy atom. The van der Waals surface area contributed by atoms with Crippen LogP contribution in [0.25, 0.3) is 0 Å². The van der Waals surface area contributed by atoms with Crippen LogP contribution >= 0.6 is 0 Å². The van der Waals surface area contributed by atoms with Crippen LogP contribution in [0.3, 0.4) is 0 Å². The summed E-state index contributed by atoms with van der Waals surface area (Å²) in [6.45, 7) is 10.7. The maximum atomic E-state index is 12.6. The third kappa shape index (κ3) is 5.76. The van der Waals surface area contributed by atoms with E-state index in [2.05, 4.69) is 35.8 Å². The van der Waals surface area contributed by atoms with Crippen LogP contribution in [-0.4, -0.2) is 73.6 Å². The quantitative estimate of drug-likeness (QED) is 0.637. The van der Waals surface area contributed by atoms with Crippen LogP contribution in [0.4, 0.5) is 0 Å². The van der Waals surface area contributed by atoms with E-state index in [0.29, 0.717) is 13.1 Å². The summed E-state index contributed by atoms with van der Waals surface area (Å²) in [5.41, 5.74) is 2.27. The molecule has 0 N–H and O–H groups in total. The van der Waals surface area contributed by atoms with Gasteiger partial charge in [0, 0.05) is 45.3 Å². The van der Waals surface area contributed by atoms with Crippen molar-refractivity contribution in [3.8, 4) is 0 Å². The molecule has 3 rings (SSSR count). The number of unbranched alkanes of at least 4 members (excludes halogenated alkanes) is 3. The number of piperazine rings is 1. The van der Waals surface area contributed by atoms with E-state index in [4.69, 9.17) is 0 Å². The van der Waals surface area contributed by atoms with Crippen molar-refractivity contribution >= 4 is 10.0 Å². The smallest absolute Gasteiger partial charge is 0.216 e. The molecule has 152 valence electrons. The van der Waals surface area contributed by atoms with Gasteiger partial charge in [-0.2, -0.15) is 4.31 Å². The summed E-state index contributed by atoms with van der Waals surface area (Å²) >= 11 is 0. The SMILES string of the molecule is CCCCCCN1CCN(C2CN(Cc3ccc(C)cc3)S(=O)(=O)C2)CC1.